The lowest BCUT2D eigenvalue weighted by Gasteiger charge is -2.14. The van der Waals surface area contributed by atoms with E-state index in [0.717, 1.165) is 12.1 Å². The van der Waals surface area contributed by atoms with Crippen LogP contribution in [0.5, 0.6) is 0 Å². The highest BCUT2D eigenvalue weighted by molar-refractivity contribution is 6.33. The summed E-state index contributed by atoms with van der Waals surface area (Å²) in [6.45, 7) is 1.36. The van der Waals surface area contributed by atoms with Gasteiger partial charge in [-0.15, -0.1) is 11.6 Å². The van der Waals surface area contributed by atoms with Crippen LogP contribution in [0.3, 0.4) is 0 Å². The molecule has 1 aromatic carbocycles. The lowest BCUT2D eigenvalue weighted by atomic mass is 9.98. The minimum absolute atomic E-state index is 0.0992. The maximum absolute atomic E-state index is 12.6. The van der Waals surface area contributed by atoms with Crippen molar-refractivity contribution >= 4 is 29.0 Å². The summed E-state index contributed by atoms with van der Waals surface area (Å²) in [7, 11) is 0. The van der Waals surface area contributed by atoms with E-state index in [0.29, 0.717) is 0 Å². The highest BCUT2D eigenvalue weighted by Gasteiger charge is 2.36. The molecule has 0 aromatic heterocycles. The molecular weight excluding hydrogens is 264 g/mol. The molecule has 0 amide bonds. The number of hydrogen-bond acceptors (Lipinski definition) is 1. The van der Waals surface area contributed by atoms with Gasteiger partial charge in [0.2, 0.25) is 0 Å². The van der Waals surface area contributed by atoms with Gasteiger partial charge in [0.15, 0.2) is 5.78 Å². The number of halogens is 5. The van der Waals surface area contributed by atoms with Gasteiger partial charge in [0.1, 0.15) is 0 Å². The van der Waals surface area contributed by atoms with Crippen LogP contribution in [0.15, 0.2) is 12.1 Å². The maximum Gasteiger partial charge on any atom is 0.417 e. The third-order valence-electron chi connectivity index (χ3n) is 2.10. The second kappa shape index (κ2) is 4.63. The first-order valence-corrected chi connectivity index (χ1v) is 5.15. The van der Waals surface area contributed by atoms with E-state index < -0.39 is 29.0 Å². The third-order valence-corrected chi connectivity index (χ3v) is 2.76. The number of hydrogen-bond donors (Lipinski definition) is 0. The highest BCUT2D eigenvalue weighted by Crippen LogP contribution is 2.35. The van der Waals surface area contributed by atoms with Crippen molar-refractivity contribution < 1.29 is 18.0 Å². The van der Waals surface area contributed by atoms with E-state index in [1.54, 1.807) is 0 Å². The summed E-state index contributed by atoms with van der Waals surface area (Å²) in [5, 5.41) is 0.112. The summed E-state index contributed by atoms with van der Waals surface area (Å²) in [6.07, 6.45) is -4.59. The summed E-state index contributed by atoms with van der Waals surface area (Å²) >= 11 is 10.9. The molecule has 0 radical (unpaired) electrons. The van der Waals surface area contributed by atoms with Crippen LogP contribution in [0.25, 0.3) is 0 Å². The number of benzene rings is 1. The molecular formula is C10H7Cl2F3O. The molecule has 0 unspecified atom stereocenters. The van der Waals surface area contributed by atoms with E-state index in [9.17, 15) is 18.0 Å². The molecule has 6 heteroatoms. The Bertz CT molecular complexity index is 427. The zero-order valence-electron chi connectivity index (χ0n) is 8.16. The zero-order valence-corrected chi connectivity index (χ0v) is 9.67. The summed E-state index contributed by atoms with van der Waals surface area (Å²) in [4.78, 5) is 11.4. The van der Waals surface area contributed by atoms with Crippen molar-refractivity contribution in [3.05, 3.63) is 33.8 Å². The van der Waals surface area contributed by atoms with Crippen molar-refractivity contribution in [3.8, 4) is 0 Å². The monoisotopic (exact) mass is 270 g/mol. The average Bonchev–Trinajstić information content (AvgIpc) is 2.19. The number of carbonyl (C=O) groups is 1. The molecule has 0 aliphatic carbocycles. The van der Waals surface area contributed by atoms with Gasteiger partial charge in [-0.3, -0.25) is 4.79 Å². The topological polar surface area (TPSA) is 17.1 Å². The van der Waals surface area contributed by atoms with Gasteiger partial charge in [0.05, 0.1) is 11.4 Å². The molecule has 0 heterocycles. The van der Waals surface area contributed by atoms with Crippen molar-refractivity contribution in [2.45, 2.75) is 13.1 Å². The molecule has 0 saturated carbocycles. The second-order valence-electron chi connectivity index (χ2n) is 3.15. The Hall–Kier alpha value is -0.740. The zero-order chi connectivity index (χ0) is 12.5. The Morgan fingerprint density at radius 2 is 1.94 bits per heavy atom. The fourth-order valence-corrected chi connectivity index (χ4v) is 1.64. The Morgan fingerprint density at radius 1 is 1.38 bits per heavy atom. The van der Waals surface area contributed by atoms with Crippen molar-refractivity contribution in [1.29, 1.82) is 0 Å². The van der Waals surface area contributed by atoms with Crippen molar-refractivity contribution in [2.24, 2.45) is 0 Å². The van der Waals surface area contributed by atoms with Crippen LogP contribution in [0, 0.1) is 6.92 Å². The lowest BCUT2D eigenvalue weighted by Crippen LogP contribution is -2.15. The van der Waals surface area contributed by atoms with E-state index in [1.807, 2.05) is 0 Å². The van der Waals surface area contributed by atoms with Crippen LogP contribution in [0.4, 0.5) is 13.2 Å². The number of rotatable bonds is 2. The fraction of sp³-hybridized carbons (Fsp3) is 0.300. The minimum atomic E-state index is -4.59. The predicted octanol–water partition coefficient (Wildman–Crippen LogP) is 4.09. The molecule has 0 atom stereocenters. The molecule has 0 aliphatic rings. The van der Waals surface area contributed by atoms with Gasteiger partial charge < -0.3 is 0 Å². The quantitative estimate of drug-likeness (QED) is 0.585. The molecule has 0 fully saturated rings. The molecule has 0 bridgehead atoms. The molecule has 16 heavy (non-hydrogen) atoms. The van der Waals surface area contributed by atoms with E-state index in [2.05, 4.69) is 0 Å². The molecule has 1 aromatic rings. The van der Waals surface area contributed by atoms with Gasteiger partial charge in [-0.05, 0) is 24.6 Å². The third kappa shape index (κ3) is 2.50. The Labute approximate surface area is 100 Å². The Kier molecular flexibility index (Phi) is 3.86. The summed E-state index contributed by atoms with van der Waals surface area (Å²) in [6, 6.07) is 1.90. The molecule has 0 aliphatic heterocycles. The first-order chi connectivity index (χ1) is 7.29. The standard InChI is InChI=1S/C10H7Cl2F3O/c1-5-7(12)3-2-6(10(13,14)15)9(5)8(16)4-11/h2-3H,4H2,1H3. The number of Topliss-reactive ketones (excluding diaryl/α,β-unsaturated/α-hetero) is 1. The SMILES string of the molecule is Cc1c(Cl)ccc(C(F)(F)F)c1C(=O)CCl. The summed E-state index contributed by atoms with van der Waals surface area (Å²) in [5.41, 5.74) is -1.35. The highest BCUT2D eigenvalue weighted by atomic mass is 35.5. The Balaban J connectivity index is 3.51. The van der Waals surface area contributed by atoms with Crippen molar-refractivity contribution in [3.63, 3.8) is 0 Å². The van der Waals surface area contributed by atoms with E-state index in [4.69, 9.17) is 23.2 Å². The van der Waals surface area contributed by atoms with E-state index >= 15 is 0 Å². The average molecular weight is 271 g/mol. The van der Waals surface area contributed by atoms with Crippen LogP contribution in [-0.4, -0.2) is 11.7 Å². The van der Waals surface area contributed by atoms with Gasteiger partial charge in [-0.25, -0.2) is 0 Å². The van der Waals surface area contributed by atoms with Crippen molar-refractivity contribution in [2.75, 3.05) is 5.88 Å². The first kappa shape index (κ1) is 13.3. The lowest BCUT2D eigenvalue weighted by molar-refractivity contribution is -0.137. The normalized spacial score (nSPS) is 11.6. The molecule has 0 saturated heterocycles. The minimum Gasteiger partial charge on any atom is -0.293 e. The van der Waals surface area contributed by atoms with Crippen LogP contribution in [-0.2, 0) is 6.18 Å². The molecule has 1 rings (SSSR count). The van der Waals surface area contributed by atoms with Crippen molar-refractivity contribution in [1.82, 2.24) is 0 Å². The molecule has 1 nitrogen and oxygen atoms in total. The first-order valence-electron chi connectivity index (χ1n) is 4.24. The van der Waals surface area contributed by atoms with Crippen LogP contribution in [0.1, 0.15) is 21.5 Å². The van der Waals surface area contributed by atoms with Crippen LogP contribution < -0.4 is 0 Å². The van der Waals surface area contributed by atoms with Gasteiger partial charge in [0.25, 0.3) is 0 Å². The number of alkyl halides is 4. The largest absolute Gasteiger partial charge is 0.417 e. The van der Waals surface area contributed by atoms with Gasteiger partial charge in [-0.1, -0.05) is 11.6 Å². The van der Waals surface area contributed by atoms with E-state index in [-0.39, 0.29) is 10.6 Å². The summed E-state index contributed by atoms with van der Waals surface area (Å²) in [5.74, 6) is -1.29. The number of ketones is 1. The molecule has 0 N–H and O–H groups in total. The van der Waals surface area contributed by atoms with Crippen LogP contribution in [0.2, 0.25) is 5.02 Å². The Morgan fingerprint density at radius 3 is 2.38 bits per heavy atom. The number of carbonyl (C=O) groups excluding carboxylic acids is 1. The summed E-state index contributed by atoms with van der Waals surface area (Å²) < 4.78 is 37.9. The predicted molar refractivity (Wildman–Crippen MR) is 56.2 cm³/mol. The van der Waals surface area contributed by atoms with Gasteiger partial charge in [-0.2, -0.15) is 13.2 Å². The molecule has 0 spiro atoms. The smallest absolute Gasteiger partial charge is 0.293 e. The molecule has 88 valence electrons. The van der Waals surface area contributed by atoms with Gasteiger partial charge in [0, 0.05) is 10.6 Å². The fourth-order valence-electron chi connectivity index (χ4n) is 1.35. The van der Waals surface area contributed by atoms with Crippen LogP contribution >= 0.6 is 23.2 Å². The van der Waals surface area contributed by atoms with E-state index in [1.165, 1.54) is 6.92 Å². The second-order valence-corrected chi connectivity index (χ2v) is 3.82. The van der Waals surface area contributed by atoms with Gasteiger partial charge >= 0.3 is 6.18 Å². The maximum atomic E-state index is 12.6.